The van der Waals surface area contributed by atoms with Crippen molar-refractivity contribution in [2.45, 2.75) is 18.7 Å². The van der Waals surface area contributed by atoms with Gasteiger partial charge in [0.05, 0.1) is 0 Å². The summed E-state index contributed by atoms with van der Waals surface area (Å²) in [5.74, 6) is 0. The van der Waals surface area contributed by atoms with Gasteiger partial charge >= 0.3 is 6.03 Å². The van der Waals surface area contributed by atoms with Gasteiger partial charge in [0.15, 0.2) is 6.35 Å². The highest BCUT2D eigenvalue weighted by molar-refractivity contribution is 5.74. The number of carbonyl (C=O) groups is 1. The second-order valence-electron chi connectivity index (χ2n) is 2.47. The van der Waals surface area contributed by atoms with Gasteiger partial charge in [-0.25, -0.2) is 4.79 Å². The lowest BCUT2D eigenvalue weighted by molar-refractivity contribution is 0.0886. The largest absolute Gasteiger partial charge is 0.376 e. The van der Waals surface area contributed by atoms with E-state index in [1.807, 2.05) is 0 Å². The van der Waals surface area contributed by atoms with Crippen LogP contribution in [0.3, 0.4) is 0 Å². The molecule has 0 bridgehead atoms. The molecule has 1 rings (SSSR count). The molecule has 0 radical (unpaired) electrons. The fourth-order valence-electron chi connectivity index (χ4n) is 0.952. The van der Waals surface area contributed by atoms with Crippen LogP contribution in [0.1, 0.15) is 0 Å². The molecule has 0 aliphatic carbocycles. The lowest BCUT2D eigenvalue weighted by Crippen LogP contribution is -2.52. The first-order valence-electron chi connectivity index (χ1n) is 3.67. The molecule has 1 aliphatic heterocycles. The normalized spacial score (nSPS) is 33.0. The van der Waals surface area contributed by atoms with Crippen molar-refractivity contribution in [1.29, 1.82) is 0 Å². The second-order valence-corrected chi connectivity index (χ2v) is 2.47. The highest BCUT2D eigenvalue weighted by Crippen LogP contribution is 1.95. The molecular weight excluding hydrogens is 180 g/mol. The number of rotatable bonds is 2. The Kier molecular flexibility index (Phi) is 3.39. The molecule has 76 valence electrons. The number of hydrogen-bond donors (Lipinski definition) is 7. The van der Waals surface area contributed by atoms with Crippen molar-refractivity contribution in [3.05, 3.63) is 0 Å². The van der Waals surface area contributed by atoms with Gasteiger partial charge in [-0.05, 0) is 0 Å². The van der Waals surface area contributed by atoms with Crippen LogP contribution in [0.2, 0.25) is 0 Å². The molecule has 0 aromatic rings. The summed E-state index contributed by atoms with van der Waals surface area (Å²) in [5, 5.41) is 35.4. The van der Waals surface area contributed by atoms with Crippen molar-refractivity contribution in [3.8, 4) is 0 Å². The number of amides is 2. The second kappa shape index (κ2) is 4.35. The predicted octanol–water partition coefficient (Wildman–Crippen LogP) is -3.65. The van der Waals surface area contributed by atoms with Crippen molar-refractivity contribution in [3.63, 3.8) is 0 Å². The summed E-state index contributed by atoms with van der Waals surface area (Å²) < 4.78 is 0. The van der Waals surface area contributed by atoms with Gasteiger partial charge in [-0.3, -0.25) is 10.6 Å². The van der Waals surface area contributed by atoms with Crippen LogP contribution in [-0.4, -0.2) is 46.8 Å². The van der Waals surface area contributed by atoms with Gasteiger partial charge in [0.25, 0.3) is 0 Å². The minimum Gasteiger partial charge on any atom is -0.376 e. The average molecular weight is 192 g/mol. The molecule has 1 aliphatic rings. The SMILES string of the molecule is O=C(NCO)NC1NC(O)NC1O. The number of aliphatic hydroxyl groups is 3. The summed E-state index contributed by atoms with van der Waals surface area (Å²) in [4.78, 5) is 10.8. The molecule has 1 saturated heterocycles. The molecular formula is C5H12N4O4. The minimum atomic E-state index is -1.07. The number of nitrogens with one attached hydrogen (secondary N) is 4. The van der Waals surface area contributed by atoms with E-state index in [2.05, 4.69) is 21.3 Å². The zero-order chi connectivity index (χ0) is 9.84. The highest BCUT2D eigenvalue weighted by atomic mass is 16.3. The maximum absolute atomic E-state index is 10.8. The van der Waals surface area contributed by atoms with E-state index in [0.29, 0.717) is 0 Å². The van der Waals surface area contributed by atoms with E-state index in [-0.39, 0.29) is 0 Å². The first-order valence-corrected chi connectivity index (χ1v) is 3.67. The Balaban J connectivity index is 2.32. The zero-order valence-corrected chi connectivity index (χ0v) is 6.69. The van der Waals surface area contributed by atoms with Crippen molar-refractivity contribution in [1.82, 2.24) is 21.3 Å². The van der Waals surface area contributed by atoms with Crippen molar-refractivity contribution < 1.29 is 20.1 Å². The third-order valence-electron chi connectivity index (χ3n) is 1.51. The van der Waals surface area contributed by atoms with Gasteiger partial charge < -0.3 is 26.0 Å². The zero-order valence-electron chi connectivity index (χ0n) is 6.69. The van der Waals surface area contributed by atoms with Gasteiger partial charge in [0.2, 0.25) is 0 Å². The third kappa shape index (κ3) is 2.79. The van der Waals surface area contributed by atoms with Gasteiger partial charge in [0.1, 0.15) is 19.1 Å². The summed E-state index contributed by atoms with van der Waals surface area (Å²) in [6.45, 7) is -0.495. The van der Waals surface area contributed by atoms with Gasteiger partial charge in [-0.1, -0.05) is 0 Å². The average Bonchev–Trinajstić information content (AvgIpc) is 2.30. The van der Waals surface area contributed by atoms with E-state index in [1.54, 1.807) is 0 Å². The molecule has 0 saturated carbocycles. The topological polar surface area (TPSA) is 126 Å². The smallest absolute Gasteiger partial charge is 0.317 e. The quantitative estimate of drug-likeness (QED) is 0.226. The number of aliphatic hydroxyl groups excluding tert-OH is 3. The molecule has 8 nitrogen and oxygen atoms in total. The van der Waals surface area contributed by atoms with Crippen LogP contribution in [0.4, 0.5) is 4.79 Å². The summed E-state index contributed by atoms with van der Waals surface area (Å²) in [7, 11) is 0. The molecule has 13 heavy (non-hydrogen) atoms. The molecule has 3 unspecified atom stereocenters. The van der Waals surface area contributed by atoms with E-state index < -0.39 is 31.5 Å². The van der Waals surface area contributed by atoms with Crippen molar-refractivity contribution in [2.24, 2.45) is 0 Å². The van der Waals surface area contributed by atoms with Crippen LogP contribution in [0.5, 0.6) is 0 Å². The molecule has 3 atom stereocenters. The van der Waals surface area contributed by atoms with Crippen LogP contribution in [0, 0.1) is 0 Å². The van der Waals surface area contributed by atoms with Gasteiger partial charge in [-0.2, -0.15) is 0 Å². The molecule has 8 heteroatoms. The first-order chi connectivity index (χ1) is 6.13. The maximum Gasteiger partial charge on any atom is 0.317 e. The van der Waals surface area contributed by atoms with E-state index in [4.69, 9.17) is 15.3 Å². The Bertz CT molecular complexity index is 189. The molecule has 2 amide bonds. The van der Waals surface area contributed by atoms with E-state index in [0.717, 1.165) is 0 Å². The fraction of sp³-hybridized carbons (Fsp3) is 0.800. The minimum absolute atomic E-state index is 0.495. The number of hydrogen-bond acceptors (Lipinski definition) is 6. The molecule has 1 heterocycles. The van der Waals surface area contributed by atoms with Gasteiger partial charge in [0, 0.05) is 0 Å². The van der Waals surface area contributed by atoms with E-state index >= 15 is 0 Å². The van der Waals surface area contributed by atoms with Crippen LogP contribution in [0.25, 0.3) is 0 Å². The highest BCUT2D eigenvalue weighted by Gasteiger charge is 2.30. The van der Waals surface area contributed by atoms with Crippen molar-refractivity contribution >= 4 is 6.03 Å². The van der Waals surface area contributed by atoms with Crippen LogP contribution in [0.15, 0.2) is 0 Å². The Hall–Kier alpha value is -0.930. The maximum atomic E-state index is 10.8. The molecule has 0 spiro atoms. The number of urea groups is 1. The molecule has 0 aromatic carbocycles. The Morgan fingerprint density at radius 2 is 2.08 bits per heavy atom. The van der Waals surface area contributed by atoms with Gasteiger partial charge in [-0.15, -0.1) is 0 Å². The predicted molar refractivity (Wildman–Crippen MR) is 40.8 cm³/mol. The summed E-state index contributed by atoms with van der Waals surface area (Å²) in [6, 6.07) is -0.644. The molecule has 7 N–H and O–H groups in total. The molecule has 1 fully saturated rings. The van der Waals surface area contributed by atoms with Crippen LogP contribution >= 0.6 is 0 Å². The fourth-order valence-corrected chi connectivity index (χ4v) is 0.952. The monoisotopic (exact) mass is 192 g/mol. The lowest BCUT2D eigenvalue weighted by Gasteiger charge is -2.15. The summed E-state index contributed by atoms with van der Waals surface area (Å²) >= 11 is 0. The first kappa shape index (κ1) is 10.2. The summed E-state index contributed by atoms with van der Waals surface area (Å²) in [5.41, 5.74) is 0. The van der Waals surface area contributed by atoms with Crippen LogP contribution in [-0.2, 0) is 0 Å². The van der Waals surface area contributed by atoms with E-state index in [1.165, 1.54) is 0 Å². The number of carbonyl (C=O) groups excluding carboxylic acids is 1. The summed E-state index contributed by atoms with van der Waals surface area (Å²) in [6.07, 6.45) is -2.92. The standard InChI is InChI=1S/C5H12N4O4/c10-1-6-4(12)7-2-3(11)9-5(13)8-2/h2-3,5,8-11,13H,1H2,(H2,6,7,12). The van der Waals surface area contributed by atoms with Crippen molar-refractivity contribution in [2.75, 3.05) is 6.73 Å². The Morgan fingerprint density at radius 3 is 2.54 bits per heavy atom. The molecule has 0 aromatic heterocycles. The Labute approximate surface area is 73.9 Å². The lowest BCUT2D eigenvalue weighted by atomic mass is 10.4. The third-order valence-corrected chi connectivity index (χ3v) is 1.51. The van der Waals surface area contributed by atoms with E-state index in [9.17, 15) is 4.79 Å². The Morgan fingerprint density at radius 1 is 1.38 bits per heavy atom. The van der Waals surface area contributed by atoms with Crippen LogP contribution < -0.4 is 21.3 Å².